The molecule has 25 heavy (non-hydrogen) atoms. The van der Waals surface area contributed by atoms with E-state index in [1.807, 2.05) is 36.4 Å². The van der Waals surface area contributed by atoms with E-state index in [4.69, 9.17) is 14.0 Å². The van der Waals surface area contributed by atoms with E-state index < -0.39 is 0 Å². The lowest BCUT2D eigenvalue weighted by Crippen LogP contribution is -1.94. The monoisotopic (exact) mass is 334 g/mol. The maximum absolute atomic E-state index is 5.40. The summed E-state index contributed by atoms with van der Waals surface area (Å²) in [5, 5.41) is 4.95. The lowest BCUT2D eigenvalue weighted by molar-refractivity contribution is 0.399. The van der Waals surface area contributed by atoms with Gasteiger partial charge in [0.15, 0.2) is 0 Å². The summed E-state index contributed by atoms with van der Waals surface area (Å²) in [6.45, 7) is 0. The van der Waals surface area contributed by atoms with Crippen molar-refractivity contribution in [1.29, 1.82) is 0 Å². The van der Waals surface area contributed by atoms with Gasteiger partial charge >= 0.3 is 0 Å². The number of rotatable bonds is 4. The third-order valence-electron chi connectivity index (χ3n) is 3.76. The van der Waals surface area contributed by atoms with Gasteiger partial charge in [0.25, 0.3) is 5.89 Å². The van der Waals surface area contributed by atoms with Gasteiger partial charge in [0, 0.05) is 17.8 Å². The van der Waals surface area contributed by atoms with Crippen LogP contribution < -0.4 is 9.47 Å². The number of pyridine rings is 2. The fraction of sp³-hybridized carbons (Fsp3) is 0.111. The average molecular weight is 334 g/mol. The van der Waals surface area contributed by atoms with E-state index in [2.05, 4.69) is 20.1 Å². The molecule has 0 unspecified atom stereocenters. The third-order valence-corrected chi connectivity index (χ3v) is 3.76. The van der Waals surface area contributed by atoms with Crippen molar-refractivity contribution in [3.8, 4) is 34.5 Å². The SMILES string of the molecule is COc1ccc2nc(OC)c(-c3noc(-c4cccnc4)n3)cc2c1. The Kier molecular flexibility index (Phi) is 3.74. The summed E-state index contributed by atoms with van der Waals surface area (Å²) in [5.41, 5.74) is 2.18. The Morgan fingerprint density at radius 1 is 1.00 bits per heavy atom. The highest BCUT2D eigenvalue weighted by molar-refractivity contribution is 5.86. The van der Waals surface area contributed by atoms with Crippen LogP contribution in [0.5, 0.6) is 11.6 Å². The Morgan fingerprint density at radius 2 is 1.92 bits per heavy atom. The fourth-order valence-corrected chi connectivity index (χ4v) is 2.52. The molecule has 3 heterocycles. The van der Waals surface area contributed by atoms with Crippen LogP contribution in [0.1, 0.15) is 0 Å². The summed E-state index contributed by atoms with van der Waals surface area (Å²) >= 11 is 0. The lowest BCUT2D eigenvalue weighted by atomic mass is 10.1. The number of benzene rings is 1. The molecular weight excluding hydrogens is 320 g/mol. The third kappa shape index (κ3) is 2.76. The van der Waals surface area contributed by atoms with E-state index in [0.717, 1.165) is 22.2 Å². The van der Waals surface area contributed by atoms with Crippen molar-refractivity contribution in [3.63, 3.8) is 0 Å². The second kappa shape index (κ2) is 6.20. The van der Waals surface area contributed by atoms with Crippen LogP contribution in [0.4, 0.5) is 0 Å². The maximum atomic E-state index is 5.40. The van der Waals surface area contributed by atoms with E-state index in [1.165, 1.54) is 0 Å². The molecule has 0 saturated heterocycles. The van der Waals surface area contributed by atoms with Crippen LogP contribution in [-0.2, 0) is 0 Å². The van der Waals surface area contributed by atoms with Crippen LogP contribution in [-0.4, -0.2) is 34.3 Å². The van der Waals surface area contributed by atoms with Crippen molar-refractivity contribution in [2.75, 3.05) is 14.2 Å². The van der Waals surface area contributed by atoms with E-state index in [1.54, 1.807) is 26.6 Å². The minimum atomic E-state index is 0.385. The molecule has 0 aliphatic rings. The predicted molar refractivity (Wildman–Crippen MR) is 91.4 cm³/mol. The molecule has 4 rings (SSSR count). The van der Waals surface area contributed by atoms with Crippen LogP contribution in [0.15, 0.2) is 53.3 Å². The minimum absolute atomic E-state index is 0.385. The molecular formula is C18H14N4O3. The van der Waals surface area contributed by atoms with Crippen molar-refractivity contribution in [1.82, 2.24) is 20.1 Å². The van der Waals surface area contributed by atoms with Crippen LogP contribution in [0.3, 0.4) is 0 Å². The fourth-order valence-electron chi connectivity index (χ4n) is 2.52. The molecule has 7 heteroatoms. The molecule has 1 aromatic carbocycles. The highest BCUT2D eigenvalue weighted by Gasteiger charge is 2.17. The standard InChI is InChI=1S/C18H14N4O3/c1-23-13-5-6-15-12(8-13)9-14(18(20-15)24-2)16-21-17(25-22-16)11-4-3-7-19-10-11/h3-10H,1-2H3. The number of hydrogen-bond acceptors (Lipinski definition) is 7. The smallest absolute Gasteiger partial charge is 0.259 e. The molecule has 124 valence electrons. The number of nitrogens with zero attached hydrogens (tertiary/aromatic N) is 4. The quantitative estimate of drug-likeness (QED) is 0.566. The number of aromatic nitrogens is 4. The number of ether oxygens (including phenoxy) is 2. The molecule has 3 aromatic heterocycles. The molecule has 4 aromatic rings. The van der Waals surface area contributed by atoms with Gasteiger partial charge in [-0.15, -0.1) is 0 Å². The number of methoxy groups -OCH3 is 2. The van der Waals surface area contributed by atoms with Crippen LogP contribution in [0.2, 0.25) is 0 Å². The molecule has 0 fully saturated rings. The van der Waals surface area contributed by atoms with Crippen LogP contribution in [0.25, 0.3) is 33.7 Å². The highest BCUT2D eigenvalue weighted by Crippen LogP contribution is 2.32. The summed E-state index contributed by atoms with van der Waals surface area (Å²) in [6, 6.07) is 11.2. The summed E-state index contributed by atoms with van der Waals surface area (Å²) in [4.78, 5) is 13.0. The normalized spacial score (nSPS) is 10.8. The maximum Gasteiger partial charge on any atom is 0.259 e. The minimum Gasteiger partial charge on any atom is -0.497 e. The molecule has 7 nitrogen and oxygen atoms in total. The second-order valence-electron chi connectivity index (χ2n) is 5.27. The Bertz CT molecular complexity index is 1030. The van der Waals surface area contributed by atoms with Gasteiger partial charge in [0.05, 0.1) is 30.9 Å². The molecule has 0 saturated carbocycles. The van der Waals surface area contributed by atoms with Gasteiger partial charge in [-0.3, -0.25) is 4.98 Å². The lowest BCUT2D eigenvalue weighted by Gasteiger charge is -2.07. The van der Waals surface area contributed by atoms with E-state index >= 15 is 0 Å². The van der Waals surface area contributed by atoms with Crippen molar-refractivity contribution in [2.45, 2.75) is 0 Å². The van der Waals surface area contributed by atoms with Crippen molar-refractivity contribution in [2.24, 2.45) is 0 Å². The molecule has 0 amide bonds. The van der Waals surface area contributed by atoms with Crippen molar-refractivity contribution >= 4 is 10.9 Å². The second-order valence-corrected chi connectivity index (χ2v) is 5.27. The largest absolute Gasteiger partial charge is 0.497 e. The first-order valence-electron chi connectivity index (χ1n) is 7.56. The molecule has 0 aliphatic carbocycles. The van der Waals surface area contributed by atoms with Gasteiger partial charge in [0.2, 0.25) is 11.7 Å². The summed E-state index contributed by atoms with van der Waals surface area (Å²) < 4.78 is 16.0. The van der Waals surface area contributed by atoms with Gasteiger partial charge in [0.1, 0.15) is 5.75 Å². The van der Waals surface area contributed by atoms with Crippen molar-refractivity contribution in [3.05, 3.63) is 48.8 Å². The molecule has 0 radical (unpaired) electrons. The molecule has 0 N–H and O–H groups in total. The Balaban J connectivity index is 1.84. The summed E-state index contributed by atoms with van der Waals surface area (Å²) in [5.74, 6) is 1.95. The van der Waals surface area contributed by atoms with Crippen LogP contribution in [0, 0.1) is 0 Å². The first kappa shape index (κ1) is 15.1. The van der Waals surface area contributed by atoms with E-state index in [-0.39, 0.29) is 0 Å². The summed E-state index contributed by atoms with van der Waals surface area (Å²) in [7, 11) is 3.18. The van der Waals surface area contributed by atoms with Gasteiger partial charge < -0.3 is 14.0 Å². The Hall–Kier alpha value is -3.48. The Labute approximate surface area is 143 Å². The predicted octanol–water partition coefficient (Wildman–Crippen LogP) is 3.36. The number of hydrogen-bond donors (Lipinski definition) is 0. The van der Waals surface area contributed by atoms with Gasteiger partial charge in [-0.1, -0.05) is 5.16 Å². The molecule has 0 bridgehead atoms. The van der Waals surface area contributed by atoms with Gasteiger partial charge in [-0.25, -0.2) is 4.98 Å². The van der Waals surface area contributed by atoms with E-state index in [9.17, 15) is 0 Å². The first-order valence-corrected chi connectivity index (χ1v) is 7.56. The topological polar surface area (TPSA) is 83.2 Å². The summed E-state index contributed by atoms with van der Waals surface area (Å²) in [6.07, 6.45) is 3.35. The molecule has 0 spiro atoms. The zero-order chi connectivity index (χ0) is 17.2. The zero-order valence-electron chi connectivity index (χ0n) is 13.6. The number of fused-ring (bicyclic) bond motifs is 1. The average Bonchev–Trinajstić information content (AvgIpc) is 3.17. The highest BCUT2D eigenvalue weighted by atomic mass is 16.5. The molecule has 0 aliphatic heterocycles. The van der Waals surface area contributed by atoms with Crippen molar-refractivity contribution < 1.29 is 14.0 Å². The molecule has 0 atom stereocenters. The van der Waals surface area contributed by atoms with Gasteiger partial charge in [-0.05, 0) is 36.4 Å². The van der Waals surface area contributed by atoms with E-state index in [0.29, 0.717) is 23.2 Å². The zero-order valence-corrected chi connectivity index (χ0v) is 13.6. The van der Waals surface area contributed by atoms with Gasteiger partial charge in [-0.2, -0.15) is 4.98 Å². The Morgan fingerprint density at radius 3 is 2.68 bits per heavy atom. The van der Waals surface area contributed by atoms with Crippen LogP contribution >= 0.6 is 0 Å². The first-order chi connectivity index (χ1) is 12.3.